The van der Waals surface area contributed by atoms with Crippen LogP contribution in [0.15, 0.2) is 11.5 Å². The zero-order valence-electron chi connectivity index (χ0n) is 6.20. The molecule has 0 spiro atoms. The zero-order chi connectivity index (χ0) is 7.90. The summed E-state index contributed by atoms with van der Waals surface area (Å²) in [6.07, 6.45) is 2.67. The van der Waals surface area contributed by atoms with Gasteiger partial charge in [-0.05, 0) is 6.42 Å². The second kappa shape index (κ2) is 2.26. The van der Waals surface area contributed by atoms with Gasteiger partial charge in [-0.2, -0.15) is 0 Å². The van der Waals surface area contributed by atoms with E-state index in [9.17, 15) is 4.57 Å². The molecule has 0 saturated carbocycles. The molecule has 0 unspecified atom stereocenters. The van der Waals surface area contributed by atoms with Crippen LogP contribution in [0.25, 0.3) is 0 Å². The molecule has 1 heterocycles. The van der Waals surface area contributed by atoms with Crippen molar-refractivity contribution in [2.24, 2.45) is 0 Å². The molecule has 4 nitrogen and oxygen atoms in total. The van der Waals surface area contributed by atoms with Crippen molar-refractivity contribution in [2.45, 2.75) is 19.3 Å². The predicted octanol–water partition coefficient (Wildman–Crippen LogP) is 2.18. The van der Waals surface area contributed by atoms with E-state index in [-0.39, 0.29) is 0 Å². The Bertz CT molecular complexity index is 237. The number of allylic oxidation sites excluding steroid dienone is 2. The van der Waals surface area contributed by atoms with Crippen LogP contribution in [-0.2, 0) is 18.1 Å². The van der Waals surface area contributed by atoms with Gasteiger partial charge in [0.1, 0.15) is 11.5 Å². The summed E-state index contributed by atoms with van der Waals surface area (Å²) >= 11 is 0. The summed E-state index contributed by atoms with van der Waals surface area (Å²) in [5, 5.41) is 0. The highest BCUT2D eigenvalue weighted by Gasteiger charge is 2.41. The SMILES string of the molecule is COP1(=O)OC2=C(CCC2)O1. The summed E-state index contributed by atoms with van der Waals surface area (Å²) in [4.78, 5) is 0. The van der Waals surface area contributed by atoms with Crippen LogP contribution in [0.5, 0.6) is 0 Å². The molecule has 0 N–H and O–H groups in total. The zero-order valence-corrected chi connectivity index (χ0v) is 7.10. The van der Waals surface area contributed by atoms with E-state index in [0.717, 1.165) is 30.8 Å². The maximum absolute atomic E-state index is 11.3. The Kier molecular flexibility index (Phi) is 1.48. The maximum atomic E-state index is 11.3. The molecule has 0 amide bonds. The van der Waals surface area contributed by atoms with Crippen molar-refractivity contribution in [1.29, 1.82) is 0 Å². The van der Waals surface area contributed by atoms with Crippen LogP contribution in [0.1, 0.15) is 19.3 Å². The van der Waals surface area contributed by atoms with Crippen LogP contribution < -0.4 is 0 Å². The van der Waals surface area contributed by atoms with Crippen molar-refractivity contribution in [2.75, 3.05) is 7.11 Å². The molecule has 0 bridgehead atoms. The van der Waals surface area contributed by atoms with Gasteiger partial charge in [-0.3, -0.25) is 4.52 Å². The molecule has 0 aromatic heterocycles. The molecule has 62 valence electrons. The Morgan fingerprint density at radius 3 is 2.36 bits per heavy atom. The summed E-state index contributed by atoms with van der Waals surface area (Å²) in [5.41, 5.74) is 0. The molecule has 1 aliphatic carbocycles. The summed E-state index contributed by atoms with van der Waals surface area (Å²) in [7, 11) is -1.88. The highest BCUT2D eigenvalue weighted by Crippen LogP contribution is 2.61. The lowest BCUT2D eigenvalue weighted by Crippen LogP contribution is -1.87. The quantitative estimate of drug-likeness (QED) is 0.574. The lowest BCUT2D eigenvalue weighted by atomic mass is 10.4. The van der Waals surface area contributed by atoms with Gasteiger partial charge in [0.25, 0.3) is 0 Å². The van der Waals surface area contributed by atoms with Crippen molar-refractivity contribution in [3.05, 3.63) is 11.5 Å². The smallest absolute Gasteiger partial charge is 0.396 e. The van der Waals surface area contributed by atoms with Gasteiger partial charge in [0.2, 0.25) is 0 Å². The summed E-state index contributed by atoms with van der Waals surface area (Å²) in [6.45, 7) is 0. The molecule has 2 aliphatic rings. The summed E-state index contributed by atoms with van der Waals surface area (Å²) in [5.74, 6) is 1.44. The van der Waals surface area contributed by atoms with Gasteiger partial charge in [0, 0.05) is 20.0 Å². The largest absolute Gasteiger partial charge is 0.586 e. The first-order valence-corrected chi connectivity index (χ1v) is 4.96. The summed E-state index contributed by atoms with van der Waals surface area (Å²) in [6, 6.07) is 0. The third-order valence-electron chi connectivity index (χ3n) is 1.79. The van der Waals surface area contributed by atoms with E-state index in [0.29, 0.717) is 0 Å². The van der Waals surface area contributed by atoms with E-state index >= 15 is 0 Å². The molecule has 1 aliphatic heterocycles. The van der Waals surface area contributed by atoms with Crippen LogP contribution in [0.4, 0.5) is 0 Å². The molecule has 0 radical (unpaired) electrons. The molecule has 0 aromatic rings. The van der Waals surface area contributed by atoms with Gasteiger partial charge in [-0.15, -0.1) is 0 Å². The first-order chi connectivity index (χ1) is 5.23. The van der Waals surface area contributed by atoms with Crippen molar-refractivity contribution in [1.82, 2.24) is 0 Å². The van der Waals surface area contributed by atoms with Crippen molar-refractivity contribution < 1.29 is 18.1 Å². The Morgan fingerprint density at radius 1 is 1.36 bits per heavy atom. The molecular weight excluding hydrogens is 167 g/mol. The topological polar surface area (TPSA) is 44.8 Å². The first-order valence-electron chi connectivity index (χ1n) is 3.50. The van der Waals surface area contributed by atoms with E-state index in [1.807, 2.05) is 0 Å². The van der Waals surface area contributed by atoms with Crippen LogP contribution in [0.2, 0.25) is 0 Å². The highest BCUT2D eigenvalue weighted by molar-refractivity contribution is 7.49. The fourth-order valence-electron chi connectivity index (χ4n) is 1.24. The second-order valence-electron chi connectivity index (χ2n) is 2.51. The van der Waals surface area contributed by atoms with Gasteiger partial charge in [-0.25, -0.2) is 4.57 Å². The molecular formula is C6H9O4P. The van der Waals surface area contributed by atoms with Crippen molar-refractivity contribution in [3.8, 4) is 0 Å². The van der Waals surface area contributed by atoms with E-state index in [2.05, 4.69) is 4.52 Å². The lowest BCUT2D eigenvalue weighted by Gasteiger charge is -2.08. The molecule has 5 heteroatoms. The Morgan fingerprint density at radius 2 is 1.91 bits per heavy atom. The average Bonchev–Trinajstić information content (AvgIpc) is 2.46. The molecule has 2 rings (SSSR count). The first kappa shape index (κ1) is 7.19. The normalized spacial score (nSPS) is 26.3. The number of phosphoric acid groups is 1. The standard InChI is InChI=1S/C6H9O4P/c1-8-11(7)9-5-3-2-4-6(5)10-11/h2-4H2,1H3. The monoisotopic (exact) mass is 176 g/mol. The Hall–Kier alpha value is -0.470. The van der Waals surface area contributed by atoms with Crippen LogP contribution >= 0.6 is 7.82 Å². The van der Waals surface area contributed by atoms with Crippen LogP contribution in [-0.4, -0.2) is 7.11 Å². The Balaban J connectivity index is 2.17. The van der Waals surface area contributed by atoms with E-state index in [1.54, 1.807) is 0 Å². The van der Waals surface area contributed by atoms with Gasteiger partial charge >= 0.3 is 7.82 Å². The van der Waals surface area contributed by atoms with E-state index in [4.69, 9.17) is 9.05 Å². The minimum atomic E-state index is -3.20. The van der Waals surface area contributed by atoms with Gasteiger partial charge in [0.15, 0.2) is 0 Å². The number of phosphoric ester groups is 1. The molecule has 0 saturated heterocycles. The summed E-state index contributed by atoms with van der Waals surface area (Å²) < 4.78 is 25.9. The van der Waals surface area contributed by atoms with Gasteiger partial charge < -0.3 is 9.05 Å². The van der Waals surface area contributed by atoms with Gasteiger partial charge in [-0.1, -0.05) is 0 Å². The fraction of sp³-hybridized carbons (Fsp3) is 0.667. The maximum Gasteiger partial charge on any atom is 0.586 e. The molecule has 0 fully saturated rings. The number of hydrogen-bond acceptors (Lipinski definition) is 4. The molecule has 0 aromatic carbocycles. The second-order valence-corrected chi connectivity index (χ2v) is 4.14. The minimum absolute atomic E-state index is 0.718. The third kappa shape index (κ3) is 1.06. The highest BCUT2D eigenvalue weighted by atomic mass is 31.2. The molecule has 0 atom stereocenters. The Labute approximate surface area is 64.8 Å². The van der Waals surface area contributed by atoms with Gasteiger partial charge in [0.05, 0.1) is 0 Å². The fourth-order valence-corrected chi connectivity index (χ4v) is 2.36. The number of rotatable bonds is 1. The minimum Gasteiger partial charge on any atom is -0.396 e. The lowest BCUT2D eigenvalue weighted by molar-refractivity contribution is 0.218. The van der Waals surface area contributed by atoms with Crippen LogP contribution in [0.3, 0.4) is 0 Å². The molecule has 11 heavy (non-hydrogen) atoms. The average molecular weight is 176 g/mol. The third-order valence-corrected chi connectivity index (χ3v) is 3.12. The van der Waals surface area contributed by atoms with Crippen molar-refractivity contribution in [3.63, 3.8) is 0 Å². The van der Waals surface area contributed by atoms with E-state index in [1.165, 1.54) is 7.11 Å². The van der Waals surface area contributed by atoms with Crippen LogP contribution in [0, 0.1) is 0 Å². The van der Waals surface area contributed by atoms with E-state index < -0.39 is 7.82 Å². The van der Waals surface area contributed by atoms with Crippen molar-refractivity contribution >= 4 is 7.82 Å². The predicted molar refractivity (Wildman–Crippen MR) is 37.7 cm³/mol. The number of hydrogen-bond donors (Lipinski definition) is 0.